The minimum absolute atomic E-state index is 0.568. The molecule has 0 bridgehead atoms. The summed E-state index contributed by atoms with van der Waals surface area (Å²) in [7, 11) is 0. The molecule has 0 aliphatic heterocycles. The van der Waals surface area contributed by atoms with E-state index in [0.717, 1.165) is 10.9 Å². The lowest BCUT2D eigenvalue weighted by atomic mass is 10.1. The van der Waals surface area contributed by atoms with Gasteiger partial charge in [0.1, 0.15) is 0 Å². The van der Waals surface area contributed by atoms with Gasteiger partial charge in [0, 0.05) is 5.02 Å². The summed E-state index contributed by atoms with van der Waals surface area (Å²) in [4.78, 5) is 0. The summed E-state index contributed by atoms with van der Waals surface area (Å²) >= 11 is 9.22. The van der Waals surface area contributed by atoms with E-state index < -0.39 is 0 Å². The number of hydrogen-bond acceptors (Lipinski definition) is 2. The normalized spacial score (nSPS) is 10.7. The number of halogens is 2. The van der Waals surface area contributed by atoms with Gasteiger partial charge in [-0.15, -0.1) is 0 Å². The van der Waals surface area contributed by atoms with Crippen molar-refractivity contribution >= 4 is 33.2 Å². The molecule has 0 aromatic heterocycles. The van der Waals surface area contributed by atoms with E-state index in [-0.39, 0.29) is 0 Å². The molecule has 0 amide bonds. The molecule has 0 unspecified atom stereocenters. The molecule has 84 valence electrons. The van der Waals surface area contributed by atoms with E-state index >= 15 is 0 Å². The van der Waals surface area contributed by atoms with E-state index in [1.54, 1.807) is 12.1 Å². The van der Waals surface area contributed by atoms with Crippen LogP contribution in [0.1, 0.15) is 20.3 Å². The van der Waals surface area contributed by atoms with Crippen molar-refractivity contribution in [2.24, 2.45) is 5.92 Å². The van der Waals surface area contributed by atoms with Gasteiger partial charge in [0.25, 0.3) is 0 Å². The van der Waals surface area contributed by atoms with Crippen LogP contribution < -0.4 is 10.5 Å². The van der Waals surface area contributed by atoms with E-state index in [4.69, 9.17) is 22.1 Å². The summed E-state index contributed by atoms with van der Waals surface area (Å²) < 4.78 is 6.40. The lowest BCUT2D eigenvalue weighted by Crippen LogP contribution is -2.04. The zero-order chi connectivity index (χ0) is 11.4. The fraction of sp³-hybridized carbons (Fsp3) is 0.455. The third-order valence-electron chi connectivity index (χ3n) is 1.98. The van der Waals surface area contributed by atoms with Crippen LogP contribution in [0, 0.1) is 5.92 Å². The average Bonchev–Trinajstić information content (AvgIpc) is 2.08. The number of nitrogen functional groups attached to an aromatic ring is 1. The largest absolute Gasteiger partial charge is 0.490 e. The zero-order valence-electron chi connectivity index (χ0n) is 8.89. The molecule has 0 aliphatic carbocycles. The molecular formula is C11H15BrClNO. The third kappa shape index (κ3) is 3.92. The molecule has 0 fully saturated rings. The lowest BCUT2D eigenvalue weighted by molar-refractivity contribution is 0.289. The Morgan fingerprint density at radius 3 is 2.67 bits per heavy atom. The van der Waals surface area contributed by atoms with Crippen LogP contribution in [0.5, 0.6) is 5.75 Å². The van der Waals surface area contributed by atoms with Gasteiger partial charge in [0.05, 0.1) is 16.8 Å². The highest BCUT2D eigenvalue weighted by Gasteiger charge is 2.07. The number of hydrogen-bond donors (Lipinski definition) is 1. The Morgan fingerprint density at radius 2 is 2.13 bits per heavy atom. The molecule has 2 N–H and O–H groups in total. The highest BCUT2D eigenvalue weighted by molar-refractivity contribution is 9.10. The molecule has 1 rings (SSSR count). The molecule has 1 aromatic carbocycles. The van der Waals surface area contributed by atoms with Gasteiger partial charge in [-0.3, -0.25) is 0 Å². The summed E-state index contributed by atoms with van der Waals surface area (Å²) in [6.07, 6.45) is 1.01. The number of anilines is 1. The Hall–Kier alpha value is -0.410. The zero-order valence-corrected chi connectivity index (χ0v) is 11.2. The minimum atomic E-state index is 0.568. The lowest BCUT2D eigenvalue weighted by Gasteiger charge is -2.12. The Labute approximate surface area is 104 Å². The van der Waals surface area contributed by atoms with Crippen LogP contribution in [0.3, 0.4) is 0 Å². The van der Waals surface area contributed by atoms with E-state index in [1.165, 1.54) is 0 Å². The van der Waals surface area contributed by atoms with Crippen molar-refractivity contribution in [2.45, 2.75) is 20.3 Å². The third-order valence-corrected chi connectivity index (χ3v) is 2.79. The van der Waals surface area contributed by atoms with Crippen LogP contribution in [0.15, 0.2) is 16.6 Å². The van der Waals surface area contributed by atoms with Crippen LogP contribution in [-0.2, 0) is 0 Å². The Morgan fingerprint density at radius 1 is 1.47 bits per heavy atom. The molecule has 1 aromatic rings. The predicted molar refractivity (Wildman–Crippen MR) is 68.5 cm³/mol. The van der Waals surface area contributed by atoms with Crippen molar-refractivity contribution in [1.29, 1.82) is 0 Å². The summed E-state index contributed by atoms with van der Waals surface area (Å²) in [5, 5.41) is 0.607. The van der Waals surface area contributed by atoms with Gasteiger partial charge in [-0.05, 0) is 40.4 Å². The van der Waals surface area contributed by atoms with Gasteiger partial charge in [0.15, 0.2) is 5.75 Å². The highest BCUT2D eigenvalue weighted by Crippen LogP contribution is 2.34. The highest BCUT2D eigenvalue weighted by atomic mass is 79.9. The number of rotatable bonds is 4. The second-order valence-corrected chi connectivity index (χ2v) is 5.13. The Bertz CT molecular complexity index is 318. The Kier molecular flexibility index (Phi) is 4.74. The number of ether oxygens (including phenoxy) is 1. The summed E-state index contributed by atoms with van der Waals surface area (Å²) in [5.41, 5.74) is 6.37. The van der Waals surface area contributed by atoms with Crippen molar-refractivity contribution in [2.75, 3.05) is 12.3 Å². The van der Waals surface area contributed by atoms with Gasteiger partial charge in [0.2, 0.25) is 0 Å². The minimum Gasteiger partial charge on any atom is -0.490 e. The van der Waals surface area contributed by atoms with Gasteiger partial charge >= 0.3 is 0 Å². The van der Waals surface area contributed by atoms with Crippen LogP contribution in [0.2, 0.25) is 5.02 Å². The molecule has 2 nitrogen and oxygen atoms in total. The monoisotopic (exact) mass is 291 g/mol. The predicted octanol–water partition coefficient (Wildman–Crippen LogP) is 4.11. The SMILES string of the molecule is CC(C)CCOc1c(N)cc(Cl)cc1Br. The van der Waals surface area contributed by atoms with E-state index in [0.29, 0.717) is 29.0 Å². The molecule has 4 heteroatoms. The maximum Gasteiger partial charge on any atom is 0.156 e. The van der Waals surface area contributed by atoms with Gasteiger partial charge in [-0.2, -0.15) is 0 Å². The van der Waals surface area contributed by atoms with Crippen LogP contribution in [0.25, 0.3) is 0 Å². The van der Waals surface area contributed by atoms with Crippen molar-refractivity contribution in [3.8, 4) is 5.75 Å². The maximum atomic E-state index is 5.84. The van der Waals surface area contributed by atoms with Gasteiger partial charge < -0.3 is 10.5 Å². The number of nitrogens with two attached hydrogens (primary N) is 1. The molecular weight excluding hydrogens is 277 g/mol. The topological polar surface area (TPSA) is 35.2 Å². The summed E-state index contributed by atoms with van der Waals surface area (Å²) in [6, 6.07) is 3.47. The molecule has 15 heavy (non-hydrogen) atoms. The van der Waals surface area contributed by atoms with E-state index in [2.05, 4.69) is 29.8 Å². The van der Waals surface area contributed by atoms with Crippen molar-refractivity contribution in [1.82, 2.24) is 0 Å². The first kappa shape index (κ1) is 12.7. The first-order valence-electron chi connectivity index (χ1n) is 4.88. The molecule has 0 aliphatic rings. The molecule has 0 saturated carbocycles. The molecule has 0 saturated heterocycles. The first-order valence-corrected chi connectivity index (χ1v) is 6.05. The second-order valence-electron chi connectivity index (χ2n) is 3.84. The standard InChI is InChI=1S/C11H15BrClNO/c1-7(2)3-4-15-11-9(12)5-8(13)6-10(11)14/h5-7H,3-4,14H2,1-2H3. The quantitative estimate of drug-likeness (QED) is 0.848. The van der Waals surface area contributed by atoms with Crippen LogP contribution in [-0.4, -0.2) is 6.61 Å². The smallest absolute Gasteiger partial charge is 0.156 e. The molecule has 0 atom stereocenters. The average molecular weight is 293 g/mol. The maximum absolute atomic E-state index is 5.84. The molecule has 0 radical (unpaired) electrons. The number of benzene rings is 1. The van der Waals surface area contributed by atoms with E-state index in [1.807, 2.05) is 0 Å². The summed E-state index contributed by atoms with van der Waals surface area (Å²) in [6.45, 7) is 4.98. The van der Waals surface area contributed by atoms with Crippen molar-refractivity contribution in [3.63, 3.8) is 0 Å². The van der Waals surface area contributed by atoms with Crippen LogP contribution in [0.4, 0.5) is 5.69 Å². The fourth-order valence-electron chi connectivity index (χ4n) is 1.13. The van der Waals surface area contributed by atoms with Crippen molar-refractivity contribution in [3.05, 3.63) is 21.6 Å². The van der Waals surface area contributed by atoms with Crippen LogP contribution >= 0.6 is 27.5 Å². The first-order chi connectivity index (χ1) is 7.00. The second kappa shape index (κ2) is 5.61. The Balaban J connectivity index is 2.68. The van der Waals surface area contributed by atoms with Crippen molar-refractivity contribution < 1.29 is 4.74 Å². The van der Waals surface area contributed by atoms with Gasteiger partial charge in [-0.1, -0.05) is 25.4 Å². The van der Waals surface area contributed by atoms with E-state index in [9.17, 15) is 0 Å². The molecule has 0 spiro atoms. The molecule has 0 heterocycles. The van der Waals surface area contributed by atoms with Gasteiger partial charge in [-0.25, -0.2) is 0 Å². The summed E-state index contributed by atoms with van der Waals surface area (Å²) in [5.74, 6) is 1.30. The fourth-order valence-corrected chi connectivity index (χ4v) is 2.08.